The van der Waals surface area contributed by atoms with Gasteiger partial charge in [-0.3, -0.25) is 14.4 Å². The molecule has 0 saturated carbocycles. The van der Waals surface area contributed by atoms with E-state index >= 15 is 0 Å². The second-order valence-corrected chi connectivity index (χ2v) is 14.4. The van der Waals surface area contributed by atoms with Crippen molar-refractivity contribution in [2.45, 2.75) is 58.5 Å². The molecular formula is C45H59N7O9. The summed E-state index contributed by atoms with van der Waals surface area (Å²) in [5.41, 5.74) is 11.8. The summed E-state index contributed by atoms with van der Waals surface area (Å²) in [7, 11) is 0. The van der Waals surface area contributed by atoms with Crippen LogP contribution < -0.4 is 20.7 Å². The molecule has 0 fully saturated rings. The van der Waals surface area contributed by atoms with Gasteiger partial charge in [-0.15, -0.1) is 0 Å². The lowest BCUT2D eigenvalue weighted by Gasteiger charge is -2.26. The Bertz CT molecular complexity index is 2010. The van der Waals surface area contributed by atoms with Crippen LogP contribution in [0.1, 0.15) is 56.7 Å². The molecule has 0 saturated heterocycles. The van der Waals surface area contributed by atoms with Crippen molar-refractivity contribution in [3.05, 3.63) is 101 Å². The van der Waals surface area contributed by atoms with Crippen LogP contribution in [0.25, 0.3) is 32.3 Å². The third-order valence-corrected chi connectivity index (χ3v) is 9.82. The number of azide groups is 1. The quantitative estimate of drug-likeness (QED) is 0.0181. The number of hydrogen-bond acceptors (Lipinski definition) is 11. The molecule has 4 N–H and O–H groups in total. The van der Waals surface area contributed by atoms with Crippen molar-refractivity contribution in [3.63, 3.8) is 0 Å². The highest BCUT2D eigenvalue weighted by molar-refractivity contribution is 6.00. The molecule has 4 aromatic rings. The van der Waals surface area contributed by atoms with E-state index in [1.54, 1.807) is 6.20 Å². The molecule has 3 unspecified atom stereocenters. The highest BCUT2D eigenvalue weighted by Crippen LogP contribution is 2.35. The number of benzene rings is 3. The summed E-state index contributed by atoms with van der Waals surface area (Å²) in [4.78, 5) is 45.6. The average molecular weight is 842 g/mol. The highest BCUT2D eigenvalue weighted by Gasteiger charge is 2.29. The van der Waals surface area contributed by atoms with Crippen molar-refractivity contribution in [2.75, 3.05) is 77.9 Å². The number of carbonyl (C=O) groups excluding carboxylic acids is 2. The number of aliphatic carboxylic acids is 1. The number of rotatable bonds is 30. The zero-order valence-electron chi connectivity index (χ0n) is 35.3. The summed E-state index contributed by atoms with van der Waals surface area (Å²) >= 11 is 0. The van der Waals surface area contributed by atoms with E-state index in [9.17, 15) is 19.5 Å². The SMILES string of the molecule is CCC(C)C(NC(=O)CCCNc1cc(C)ccn1)C(=O)NC(CC(=O)O)c1ccc(-c2ccc(OCCOCCOCCOCCOCCN=[N+]=[N-])c3ccccc23)cc1. The molecule has 0 radical (unpaired) electrons. The molecule has 0 aliphatic carbocycles. The first-order valence-electron chi connectivity index (χ1n) is 20.7. The molecule has 61 heavy (non-hydrogen) atoms. The van der Waals surface area contributed by atoms with E-state index in [0.29, 0.717) is 91.0 Å². The topological polar surface area (TPSA) is 215 Å². The fraction of sp³-hybridized carbons (Fsp3) is 0.467. The Morgan fingerprint density at radius 2 is 1.49 bits per heavy atom. The number of aryl methyl sites for hydroxylation is 1. The fourth-order valence-corrected chi connectivity index (χ4v) is 6.40. The molecule has 0 aliphatic heterocycles. The van der Waals surface area contributed by atoms with Crippen LogP contribution in [-0.2, 0) is 33.3 Å². The van der Waals surface area contributed by atoms with Crippen molar-refractivity contribution in [2.24, 2.45) is 11.0 Å². The molecule has 3 atom stereocenters. The van der Waals surface area contributed by atoms with Crippen LogP contribution in [-0.4, -0.2) is 106 Å². The number of amides is 2. The van der Waals surface area contributed by atoms with Crippen molar-refractivity contribution in [1.29, 1.82) is 0 Å². The lowest BCUT2D eigenvalue weighted by molar-refractivity contribution is -0.138. The van der Waals surface area contributed by atoms with Crippen LogP contribution in [0.4, 0.5) is 5.82 Å². The van der Waals surface area contributed by atoms with Gasteiger partial charge in [0.15, 0.2) is 0 Å². The minimum absolute atomic E-state index is 0.183. The number of ether oxygens (including phenoxy) is 5. The average Bonchev–Trinajstić information content (AvgIpc) is 3.26. The maximum Gasteiger partial charge on any atom is 0.305 e. The molecule has 0 spiro atoms. The molecule has 1 aromatic heterocycles. The Labute approximate surface area is 357 Å². The fourth-order valence-electron chi connectivity index (χ4n) is 6.40. The van der Waals surface area contributed by atoms with Crippen LogP contribution in [0.3, 0.4) is 0 Å². The molecule has 3 aromatic carbocycles. The van der Waals surface area contributed by atoms with Crippen molar-refractivity contribution in [1.82, 2.24) is 15.6 Å². The molecule has 0 aliphatic rings. The number of anilines is 1. The number of hydrogen-bond donors (Lipinski definition) is 4. The van der Waals surface area contributed by atoms with Crippen molar-refractivity contribution < 1.29 is 43.2 Å². The first-order chi connectivity index (χ1) is 29.7. The minimum atomic E-state index is -1.06. The summed E-state index contributed by atoms with van der Waals surface area (Å²) in [6.07, 6.45) is 2.79. The van der Waals surface area contributed by atoms with Gasteiger partial charge in [0.05, 0.1) is 65.3 Å². The minimum Gasteiger partial charge on any atom is -0.491 e. The van der Waals surface area contributed by atoms with E-state index in [0.717, 1.165) is 39.0 Å². The lowest BCUT2D eigenvalue weighted by Crippen LogP contribution is -2.51. The molecule has 1 heterocycles. The van der Waals surface area contributed by atoms with Crippen LogP contribution >= 0.6 is 0 Å². The molecule has 0 bridgehead atoms. The third kappa shape index (κ3) is 17.0. The Morgan fingerprint density at radius 3 is 2.13 bits per heavy atom. The van der Waals surface area contributed by atoms with Gasteiger partial charge in [-0.1, -0.05) is 80.0 Å². The van der Waals surface area contributed by atoms with Crippen LogP contribution in [0.5, 0.6) is 5.75 Å². The first-order valence-corrected chi connectivity index (χ1v) is 20.7. The molecule has 2 amide bonds. The van der Waals surface area contributed by atoms with Gasteiger partial charge in [0.2, 0.25) is 11.8 Å². The van der Waals surface area contributed by atoms with E-state index in [1.807, 2.05) is 93.6 Å². The predicted molar refractivity (Wildman–Crippen MR) is 233 cm³/mol. The van der Waals surface area contributed by atoms with E-state index in [2.05, 4.69) is 31.0 Å². The zero-order chi connectivity index (χ0) is 43.7. The van der Waals surface area contributed by atoms with Gasteiger partial charge in [-0.05, 0) is 70.6 Å². The van der Waals surface area contributed by atoms with E-state index in [4.69, 9.17) is 29.2 Å². The Hall–Kier alpha value is -5.77. The Kier molecular flexibility index (Phi) is 21.3. The second kappa shape index (κ2) is 27.2. The Balaban J connectivity index is 1.27. The Morgan fingerprint density at radius 1 is 0.836 bits per heavy atom. The molecule has 328 valence electrons. The number of carboxylic acid groups (broad SMARTS) is 1. The number of aromatic nitrogens is 1. The van der Waals surface area contributed by atoms with Crippen LogP contribution in [0.15, 0.2) is 84.1 Å². The second-order valence-electron chi connectivity index (χ2n) is 14.4. The van der Waals surface area contributed by atoms with E-state index in [-0.39, 0.29) is 24.7 Å². The highest BCUT2D eigenvalue weighted by atomic mass is 16.6. The molecule has 16 heteroatoms. The van der Waals surface area contributed by atoms with Gasteiger partial charge < -0.3 is 44.7 Å². The van der Waals surface area contributed by atoms with Crippen molar-refractivity contribution >= 4 is 34.4 Å². The summed E-state index contributed by atoms with van der Waals surface area (Å²) < 4.78 is 28.0. The summed E-state index contributed by atoms with van der Waals surface area (Å²) in [5.74, 6) is -0.465. The number of carbonyl (C=O) groups is 3. The number of nitrogens with one attached hydrogen (secondary N) is 3. The smallest absolute Gasteiger partial charge is 0.305 e. The van der Waals surface area contributed by atoms with Crippen molar-refractivity contribution in [3.8, 4) is 16.9 Å². The van der Waals surface area contributed by atoms with Crippen LogP contribution in [0, 0.1) is 12.8 Å². The van der Waals surface area contributed by atoms with E-state index < -0.39 is 24.0 Å². The summed E-state index contributed by atoms with van der Waals surface area (Å²) in [6.45, 7) is 10.3. The summed E-state index contributed by atoms with van der Waals surface area (Å²) in [5, 5.41) is 24.2. The number of nitrogens with zero attached hydrogens (tertiary/aromatic N) is 4. The monoisotopic (exact) mass is 841 g/mol. The normalized spacial score (nSPS) is 12.5. The van der Waals surface area contributed by atoms with Gasteiger partial charge >= 0.3 is 5.97 Å². The molecule has 16 nitrogen and oxygen atoms in total. The number of carboxylic acids is 1. The number of pyridine rings is 1. The summed E-state index contributed by atoms with van der Waals surface area (Å²) in [6, 6.07) is 21.5. The van der Waals surface area contributed by atoms with Crippen LogP contribution in [0.2, 0.25) is 0 Å². The maximum absolute atomic E-state index is 13.7. The van der Waals surface area contributed by atoms with Gasteiger partial charge in [0.1, 0.15) is 24.2 Å². The number of fused-ring (bicyclic) bond motifs is 1. The van der Waals surface area contributed by atoms with Gasteiger partial charge in [-0.2, -0.15) is 0 Å². The van der Waals surface area contributed by atoms with Gasteiger partial charge in [0, 0.05) is 36.0 Å². The standard InChI is InChI=1S/C45H59N7O9/c1-4-33(3)44(51-42(53)10-7-18-47-41-30-32(2)17-19-48-41)45(56)50-39(31-43(54)55)35-13-11-34(12-14-35)36-15-16-40(38-9-6-5-8-37(36)38)61-29-28-60-27-26-59-25-24-58-23-22-57-21-20-49-52-46/h5-6,8-9,11-17,19,30,33,39,44H,4,7,10,18,20-29,31H2,1-3H3,(H,47,48)(H,50,56)(H,51,53)(H,54,55). The largest absolute Gasteiger partial charge is 0.491 e. The lowest BCUT2D eigenvalue weighted by atomic mass is 9.94. The van der Waals surface area contributed by atoms with E-state index in [1.165, 1.54) is 0 Å². The van der Waals surface area contributed by atoms with Gasteiger partial charge in [0.25, 0.3) is 0 Å². The van der Waals surface area contributed by atoms with Gasteiger partial charge in [-0.25, -0.2) is 4.98 Å². The first kappa shape index (κ1) is 47.9. The third-order valence-electron chi connectivity index (χ3n) is 9.82. The zero-order valence-corrected chi connectivity index (χ0v) is 35.3. The predicted octanol–water partition coefficient (Wildman–Crippen LogP) is 7.02. The maximum atomic E-state index is 13.7. The molecule has 4 rings (SSSR count). The molecular weight excluding hydrogens is 783 g/mol.